The van der Waals surface area contributed by atoms with Crippen molar-refractivity contribution in [2.75, 3.05) is 23.4 Å². The zero-order chi connectivity index (χ0) is 31.5. The summed E-state index contributed by atoms with van der Waals surface area (Å²) < 4.78 is 12.0. The van der Waals surface area contributed by atoms with E-state index in [1.54, 1.807) is 6.20 Å². The van der Waals surface area contributed by atoms with Crippen molar-refractivity contribution in [3.63, 3.8) is 0 Å². The average Bonchev–Trinajstić information content (AvgIpc) is 3.83. The Bertz CT molecular complexity index is 1970. The molecule has 6 aromatic rings. The molecule has 1 aliphatic heterocycles. The number of aromatic nitrogens is 4. The Morgan fingerprint density at radius 3 is 2.67 bits per heavy atom. The molecule has 0 spiro atoms. The monoisotopic (exact) mass is 652 g/mol. The van der Waals surface area contributed by atoms with Gasteiger partial charge in [-0.3, -0.25) is 15.2 Å². The predicted molar refractivity (Wildman–Crippen MR) is 177 cm³/mol. The molecule has 0 atom stereocenters. The van der Waals surface area contributed by atoms with Crippen LogP contribution in [-0.2, 0) is 19.4 Å². The first-order valence-corrected chi connectivity index (χ1v) is 16.3. The van der Waals surface area contributed by atoms with E-state index in [4.69, 9.17) is 9.47 Å². The van der Waals surface area contributed by atoms with Gasteiger partial charge in [0.1, 0.15) is 5.75 Å². The van der Waals surface area contributed by atoms with Crippen LogP contribution in [0.2, 0.25) is 0 Å². The first-order chi connectivity index (χ1) is 22.5. The van der Waals surface area contributed by atoms with Crippen LogP contribution in [-0.4, -0.2) is 50.5 Å². The minimum Gasteiger partial charge on any atom is -0.494 e. The molecular formula is C33H28N6O5S2. The summed E-state index contributed by atoms with van der Waals surface area (Å²) in [7, 11) is 0. The van der Waals surface area contributed by atoms with Crippen LogP contribution >= 0.6 is 22.7 Å². The maximum absolute atomic E-state index is 13.4. The van der Waals surface area contributed by atoms with Crippen LogP contribution in [0.5, 0.6) is 11.6 Å². The molecule has 13 heteroatoms. The van der Waals surface area contributed by atoms with Crippen molar-refractivity contribution in [3.8, 4) is 22.8 Å². The number of hydrogen-bond donors (Lipinski definition) is 3. The number of anilines is 2. The molecule has 3 aromatic carbocycles. The number of carbonyl (C=O) groups is 2. The third kappa shape index (κ3) is 6.41. The van der Waals surface area contributed by atoms with Gasteiger partial charge in [0.05, 0.1) is 27.9 Å². The molecule has 7 rings (SSSR count). The van der Waals surface area contributed by atoms with Crippen molar-refractivity contribution < 1.29 is 24.2 Å². The number of nitrogens with one attached hydrogen (secondary N) is 2. The fraction of sp³-hybridized carbons (Fsp3) is 0.182. The summed E-state index contributed by atoms with van der Waals surface area (Å²) >= 11 is 2.84. The van der Waals surface area contributed by atoms with Gasteiger partial charge < -0.3 is 19.5 Å². The standard InChI is InChI=1S/C33H28N6O5S2/c40-29(37-31-36-26-7-1-2-8-27(26)45-31)24-6-3-5-21-14-15-39(19-25(21)24)32-38-30(44-33(41)42)28(46-32)9-4-16-43-23-12-10-20(11-13-23)22-17-34-35-18-22/h1-3,5-8,10-13,17-18H,4,9,14-16,19H2,(H,34,35)(H,41,42)(H,36,37,40). The molecular weight excluding hydrogens is 625 g/mol. The normalized spacial score (nSPS) is 12.6. The molecule has 1 aliphatic rings. The van der Waals surface area contributed by atoms with E-state index in [2.05, 4.69) is 30.4 Å². The highest BCUT2D eigenvalue weighted by atomic mass is 32.1. The Hall–Kier alpha value is -5.27. The van der Waals surface area contributed by atoms with Crippen LogP contribution < -0.4 is 19.7 Å². The molecule has 0 aliphatic carbocycles. The van der Waals surface area contributed by atoms with E-state index in [1.807, 2.05) is 72.9 Å². The second kappa shape index (κ2) is 13.0. The van der Waals surface area contributed by atoms with Gasteiger partial charge in [-0.15, -0.1) is 0 Å². The van der Waals surface area contributed by atoms with E-state index in [0.29, 0.717) is 48.4 Å². The largest absolute Gasteiger partial charge is 0.512 e. The van der Waals surface area contributed by atoms with Gasteiger partial charge >= 0.3 is 6.16 Å². The van der Waals surface area contributed by atoms with Gasteiger partial charge in [0.2, 0.25) is 5.88 Å². The molecule has 0 saturated carbocycles. The van der Waals surface area contributed by atoms with Crippen LogP contribution in [0.25, 0.3) is 21.3 Å². The summed E-state index contributed by atoms with van der Waals surface area (Å²) in [6, 6.07) is 21.3. The summed E-state index contributed by atoms with van der Waals surface area (Å²) in [4.78, 5) is 36.8. The highest BCUT2D eigenvalue weighted by Gasteiger charge is 2.26. The van der Waals surface area contributed by atoms with Crippen LogP contribution in [0.1, 0.15) is 32.8 Å². The second-order valence-corrected chi connectivity index (χ2v) is 12.7. The molecule has 46 heavy (non-hydrogen) atoms. The third-order valence-corrected chi connectivity index (χ3v) is 9.75. The quantitative estimate of drug-likeness (QED) is 0.105. The van der Waals surface area contributed by atoms with E-state index < -0.39 is 6.16 Å². The molecule has 0 bridgehead atoms. The smallest absolute Gasteiger partial charge is 0.494 e. The number of carbonyl (C=O) groups excluding carboxylic acids is 1. The summed E-state index contributed by atoms with van der Waals surface area (Å²) in [5.41, 5.74) is 5.47. The van der Waals surface area contributed by atoms with Gasteiger partial charge in [-0.1, -0.05) is 59.1 Å². The maximum atomic E-state index is 13.4. The zero-order valence-electron chi connectivity index (χ0n) is 24.4. The number of rotatable bonds is 10. The van der Waals surface area contributed by atoms with E-state index in [1.165, 1.54) is 22.7 Å². The Labute approximate surface area is 271 Å². The van der Waals surface area contributed by atoms with Gasteiger partial charge in [-0.05, 0) is 66.3 Å². The number of aromatic amines is 1. The zero-order valence-corrected chi connectivity index (χ0v) is 26.1. The fourth-order valence-electron chi connectivity index (χ4n) is 5.40. The first kappa shape index (κ1) is 29.4. The van der Waals surface area contributed by atoms with E-state index in [9.17, 15) is 14.7 Å². The van der Waals surface area contributed by atoms with E-state index in [-0.39, 0.29) is 11.8 Å². The first-order valence-electron chi connectivity index (χ1n) is 14.7. The van der Waals surface area contributed by atoms with Crippen molar-refractivity contribution >= 4 is 55.2 Å². The number of aryl methyl sites for hydroxylation is 1. The lowest BCUT2D eigenvalue weighted by Crippen LogP contribution is -2.32. The summed E-state index contributed by atoms with van der Waals surface area (Å²) in [6.07, 6.45) is 4.08. The Morgan fingerprint density at radius 1 is 1.00 bits per heavy atom. The number of hydrogen-bond acceptors (Lipinski definition) is 10. The van der Waals surface area contributed by atoms with Gasteiger partial charge in [0, 0.05) is 30.4 Å². The molecule has 11 nitrogen and oxygen atoms in total. The van der Waals surface area contributed by atoms with Crippen molar-refractivity contribution in [1.82, 2.24) is 20.2 Å². The molecule has 3 aromatic heterocycles. The Kier molecular flexibility index (Phi) is 8.31. The minimum atomic E-state index is -1.41. The number of nitrogens with zero attached hydrogens (tertiary/aromatic N) is 4. The second-order valence-electron chi connectivity index (χ2n) is 10.6. The maximum Gasteiger partial charge on any atom is 0.512 e. The predicted octanol–water partition coefficient (Wildman–Crippen LogP) is 7.03. The van der Waals surface area contributed by atoms with Crippen LogP contribution in [0.4, 0.5) is 15.1 Å². The number of benzene rings is 3. The molecule has 0 fully saturated rings. The molecule has 1 amide bonds. The molecule has 0 saturated heterocycles. The number of thiazole rings is 2. The summed E-state index contributed by atoms with van der Waals surface area (Å²) in [5.74, 6) is 0.613. The lowest BCUT2D eigenvalue weighted by Gasteiger charge is -2.29. The average molecular weight is 653 g/mol. The molecule has 232 valence electrons. The number of para-hydroxylation sites is 1. The summed E-state index contributed by atoms with van der Waals surface area (Å²) in [5, 5.41) is 20.3. The Morgan fingerprint density at radius 2 is 1.87 bits per heavy atom. The van der Waals surface area contributed by atoms with Gasteiger partial charge in [0.25, 0.3) is 5.91 Å². The van der Waals surface area contributed by atoms with Crippen molar-refractivity contribution in [3.05, 3.63) is 101 Å². The molecule has 0 radical (unpaired) electrons. The van der Waals surface area contributed by atoms with Gasteiger partial charge in [-0.25, -0.2) is 9.78 Å². The van der Waals surface area contributed by atoms with Crippen LogP contribution in [0.3, 0.4) is 0 Å². The number of ether oxygens (including phenoxy) is 2. The van der Waals surface area contributed by atoms with Crippen LogP contribution in [0, 0.1) is 0 Å². The number of amides is 1. The molecule has 3 N–H and O–H groups in total. The number of fused-ring (bicyclic) bond motifs is 2. The summed E-state index contributed by atoms with van der Waals surface area (Å²) in [6.45, 7) is 1.57. The van der Waals surface area contributed by atoms with E-state index >= 15 is 0 Å². The number of H-pyrrole nitrogens is 1. The van der Waals surface area contributed by atoms with Gasteiger partial charge in [-0.2, -0.15) is 10.1 Å². The van der Waals surface area contributed by atoms with E-state index in [0.717, 1.165) is 49.5 Å². The van der Waals surface area contributed by atoms with Crippen molar-refractivity contribution in [1.29, 1.82) is 0 Å². The lowest BCUT2D eigenvalue weighted by atomic mass is 9.94. The third-order valence-electron chi connectivity index (χ3n) is 7.64. The van der Waals surface area contributed by atoms with Crippen molar-refractivity contribution in [2.45, 2.75) is 25.8 Å². The highest BCUT2D eigenvalue weighted by molar-refractivity contribution is 7.22. The SMILES string of the molecule is O=C(O)Oc1nc(N2CCc3cccc(C(=O)Nc4nc5ccccc5s4)c3C2)sc1CCCOc1ccc(-c2cn[nH]c2)cc1. The molecule has 0 unspecified atom stereocenters. The Balaban J connectivity index is 1.02. The lowest BCUT2D eigenvalue weighted by molar-refractivity contribution is 0.102. The van der Waals surface area contributed by atoms with Gasteiger partial charge in [0.15, 0.2) is 10.3 Å². The fourth-order valence-corrected chi connectivity index (χ4v) is 7.32. The topological polar surface area (TPSA) is 143 Å². The van der Waals surface area contributed by atoms with Crippen LogP contribution in [0.15, 0.2) is 79.1 Å². The minimum absolute atomic E-state index is 0.0876. The number of carboxylic acid groups (broad SMARTS) is 1. The molecule has 4 heterocycles. The van der Waals surface area contributed by atoms with Crippen molar-refractivity contribution in [2.24, 2.45) is 0 Å². The highest BCUT2D eigenvalue weighted by Crippen LogP contribution is 2.36.